The van der Waals surface area contributed by atoms with E-state index >= 15 is 0 Å². The van der Waals surface area contributed by atoms with E-state index in [0.29, 0.717) is 19.6 Å². The van der Waals surface area contributed by atoms with Crippen LogP contribution in [-0.4, -0.2) is 67.4 Å². The highest BCUT2D eigenvalue weighted by Crippen LogP contribution is 2.29. The number of urea groups is 1. The maximum absolute atomic E-state index is 11.8. The van der Waals surface area contributed by atoms with Crippen LogP contribution in [0.4, 0.5) is 4.79 Å². The number of amides is 2. The molecular formula is C13H22N2O6. The molecule has 0 saturated carbocycles. The van der Waals surface area contributed by atoms with Crippen molar-refractivity contribution in [2.45, 2.75) is 20.3 Å². The van der Waals surface area contributed by atoms with Crippen molar-refractivity contribution in [3.05, 3.63) is 0 Å². The van der Waals surface area contributed by atoms with Crippen LogP contribution in [0.3, 0.4) is 0 Å². The number of esters is 1. The molecule has 1 fully saturated rings. The molecule has 2 N–H and O–H groups in total. The van der Waals surface area contributed by atoms with Gasteiger partial charge in [-0.25, -0.2) is 9.59 Å². The zero-order valence-corrected chi connectivity index (χ0v) is 12.4. The summed E-state index contributed by atoms with van der Waals surface area (Å²) in [5.74, 6) is -1.34. The molecule has 1 rings (SSSR count). The molecule has 0 radical (unpaired) electrons. The standard InChI is InChI=1S/C13H22N2O6/c1-3-21-10(16)8-20-7-5-14-12(19)15-6-4-13(2,9-15)11(17)18/h3-9H2,1-2H3,(H,14,19)(H,17,18). The normalized spacial score (nSPS) is 21.1. The van der Waals surface area contributed by atoms with Crippen LogP contribution < -0.4 is 5.32 Å². The Bertz CT molecular complexity index is 400. The summed E-state index contributed by atoms with van der Waals surface area (Å²) in [7, 11) is 0. The lowest BCUT2D eigenvalue weighted by molar-refractivity contribution is -0.148. The fourth-order valence-corrected chi connectivity index (χ4v) is 2.01. The van der Waals surface area contributed by atoms with Crippen molar-refractivity contribution in [3.63, 3.8) is 0 Å². The van der Waals surface area contributed by atoms with Gasteiger partial charge in [-0.15, -0.1) is 0 Å². The number of aliphatic carboxylic acids is 1. The molecule has 1 aliphatic rings. The molecule has 1 heterocycles. The Hall–Kier alpha value is -1.83. The third-order valence-electron chi connectivity index (χ3n) is 3.32. The zero-order valence-electron chi connectivity index (χ0n) is 12.4. The molecule has 21 heavy (non-hydrogen) atoms. The Labute approximate surface area is 123 Å². The van der Waals surface area contributed by atoms with Gasteiger partial charge < -0.3 is 24.8 Å². The van der Waals surface area contributed by atoms with E-state index in [-0.39, 0.29) is 32.3 Å². The molecule has 0 aliphatic carbocycles. The van der Waals surface area contributed by atoms with Gasteiger partial charge in [-0.05, 0) is 20.3 Å². The topological polar surface area (TPSA) is 105 Å². The van der Waals surface area contributed by atoms with Gasteiger partial charge in [0.2, 0.25) is 0 Å². The number of ether oxygens (including phenoxy) is 2. The van der Waals surface area contributed by atoms with Crippen LogP contribution >= 0.6 is 0 Å². The van der Waals surface area contributed by atoms with E-state index in [0.717, 1.165) is 0 Å². The molecule has 1 aliphatic heterocycles. The number of carbonyl (C=O) groups is 3. The molecule has 1 saturated heterocycles. The highest BCUT2D eigenvalue weighted by molar-refractivity contribution is 5.79. The average Bonchev–Trinajstić information content (AvgIpc) is 2.83. The third-order valence-corrected chi connectivity index (χ3v) is 3.32. The number of hydrogen-bond donors (Lipinski definition) is 2. The van der Waals surface area contributed by atoms with Gasteiger partial charge in [-0.1, -0.05) is 0 Å². The lowest BCUT2D eigenvalue weighted by Gasteiger charge is -2.20. The highest BCUT2D eigenvalue weighted by atomic mass is 16.6. The van der Waals surface area contributed by atoms with Crippen LogP contribution in [0.1, 0.15) is 20.3 Å². The molecule has 120 valence electrons. The van der Waals surface area contributed by atoms with Crippen LogP contribution in [0.5, 0.6) is 0 Å². The summed E-state index contributed by atoms with van der Waals surface area (Å²) < 4.78 is 9.72. The molecule has 0 aromatic rings. The number of carboxylic acid groups (broad SMARTS) is 1. The first-order valence-corrected chi connectivity index (χ1v) is 6.88. The van der Waals surface area contributed by atoms with Crippen molar-refractivity contribution < 1.29 is 29.0 Å². The smallest absolute Gasteiger partial charge is 0.332 e. The number of nitrogens with zero attached hydrogens (tertiary/aromatic N) is 1. The summed E-state index contributed by atoms with van der Waals surface area (Å²) in [5.41, 5.74) is -0.877. The molecule has 2 amide bonds. The second kappa shape index (κ2) is 7.82. The van der Waals surface area contributed by atoms with Gasteiger partial charge in [-0.3, -0.25) is 4.79 Å². The Morgan fingerprint density at radius 2 is 2.10 bits per heavy atom. The van der Waals surface area contributed by atoms with Gasteiger partial charge in [0, 0.05) is 19.6 Å². The Morgan fingerprint density at radius 1 is 1.38 bits per heavy atom. The second-order valence-corrected chi connectivity index (χ2v) is 5.13. The largest absolute Gasteiger partial charge is 0.481 e. The predicted molar refractivity (Wildman–Crippen MR) is 72.8 cm³/mol. The number of carboxylic acids is 1. The molecule has 0 aromatic heterocycles. The van der Waals surface area contributed by atoms with Crippen molar-refractivity contribution in [1.29, 1.82) is 0 Å². The van der Waals surface area contributed by atoms with Crippen molar-refractivity contribution in [2.75, 3.05) is 39.5 Å². The quantitative estimate of drug-likeness (QED) is 0.509. The van der Waals surface area contributed by atoms with Crippen LogP contribution in [-0.2, 0) is 19.1 Å². The van der Waals surface area contributed by atoms with Gasteiger partial charge in [0.25, 0.3) is 0 Å². The number of carbonyl (C=O) groups excluding carboxylic acids is 2. The zero-order chi connectivity index (χ0) is 15.9. The molecule has 0 aromatic carbocycles. The summed E-state index contributed by atoms with van der Waals surface area (Å²) in [4.78, 5) is 35.4. The van der Waals surface area contributed by atoms with Gasteiger partial charge in [-0.2, -0.15) is 0 Å². The van der Waals surface area contributed by atoms with Crippen LogP contribution in [0, 0.1) is 5.41 Å². The van der Waals surface area contributed by atoms with Gasteiger partial charge >= 0.3 is 18.0 Å². The van der Waals surface area contributed by atoms with E-state index in [2.05, 4.69) is 10.1 Å². The first-order valence-electron chi connectivity index (χ1n) is 6.88. The summed E-state index contributed by atoms with van der Waals surface area (Å²) in [6.45, 7) is 4.54. The summed E-state index contributed by atoms with van der Waals surface area (Å²) in [6, 6.07) is -0.320. The summed E-state index contributed by atoms with van der Waals surface area (Å²) in [5, 5.41) is 11.7. The Kier molecular flexibility index (Phi) is 6.41. The Balaban J connectivity index is 2.18. The number of rotatable bonds is 7. The van der Waals surface area contributed by atoms with Crippen LogP contribution in [0.2, 0.25) is 0 Å². The lowest BCUT2D eigenvalue weighted by Crippen LogP contribution is -2.42. The number of hydrogen-bond acceptors (Lipinski definition) is 5. The first-order chi connectivity index (χ1) is 9.89. The fourth-order valence-electron chi connectivity index (χ4n) is 2.01. The average molecular weight is 302 g/mol. The molecule has 8 nitrogen and oxygen atoms in total. The van der Waals surface area contributed by atoms with Gasteiger partial charge in [0.15, 0.2) is 0 Å². The maximum atomic E-state index is 11.8. The molecule has 1 unspecified atom stereocenters. The maximum Gasteiger partial charge on any atom is 0.332 e. The molecule has 0 spiro atoms. The fraction of sp³-hybridized carbons (Fsp3) is 0.769. The Morgan fingerprint density at radius 3 is 2.67 bits per heavy atom. The predicted octanol–water partition coefficient (Wildman–Crippen LogP) is 0.0723. The molecule has 1 atom stereocenters. The van der Waals surface area contributed by atoms with Crippen LogP contribution in [0.15, 0.2) is 0 Å². The molecule has 0 bridgehead atoms. The van der Waals surface area contributed by atoms with Gasteiger partial charge in [0.05, 0.1) is 18.6 Å². The minimum atomic E-state index is -0.893. The SMILES string of the molecule is CCOC(=O)COCCNC(=O)N1CCC(C)(C(=O)O)C1. The van der Waals surface area contributed by atoms with Crippen LogP contribution in [0.25, 0.3) is 0 Å². The van der Waals surface area contributed by atoms with Crippen molar-refractivity contribution >= 4 is 18.0 Å². The second-order valence-electron chi connectivity index (χ2n) is 5.13. The number of likely N-dealkylation sites (tertiary alicyclic amines) is 1. The molecular weight excluding hydrogens is 280 g/mol. The van der Waals surface area contributed by atoms with E-state index in [1.807, 2.05) is 0 Å². The van der Waals surface area contributed by atoms with E-state index in [1.165, 1.54) is 4.90 Å². The molecule has 8 heteroatoms. The van der Waals surface area contributed by atoms with E-state index in [1.54, 1.807) is 13.8 Å². The van der Waals surface area contributed by atoms with E-state index in [9.17, 15) is 14.4 Å². The van der Waals surface area contributed by atoms with Gasteiger partial charge in [0.1, 0.15) is 6.61 Å². The minimum Gasteiger partial charge on any atom is -0.481 e. The third kappa shape index (κ3) is 5.22. The van der Waals surface area contributed by atoms with E-state index < -0.39 is 17.4 Å². The monoisotopic (exact) mass is 302 g/mol. The minimum absolute atomic E-state index is 0.148. The van der Waals surface area contributed by atoms with Crippen molar-refractivity contribution in [1.82, 2.24) is 10.2 Å². The van der Waals surface area contributed by atoms with E-state index in [4.69, 9.17) is 9.84 Å². The summed E-state index contributed by atoms with van der Waals surface area (Å²) >= 11 is 0. The first kappa shape index (κ1) is 17.2. The lowest BCUT2D eigenvalue weighted by atomic mass is 9.90. The highest BCUT2D eigenvalue weighted by Gasteiger charge is 2.42. The van der Waals surface area contributed by atoms with Crippen molar-refractivity contribution in [3.8, 4) is 0 Å². The van der Waals surface area contributed by atoms with Crippen molar-refractivity contribution in [2.24, 2.45) is 5.41 Å². The summed E-state index contributed by atoms with van der Waals surface area (Å²) in [6.07, 6.45) is 0.440. The number of nitrogens with one attached hydrogen (secondary N) is 1.